The molecule has 0 amide bonds. The van der Waals surface area contributed by atoms with Crippen molar-refractivity contribution in [1.82, 2.24) is 19.7 Å². The Morgan fingerprint density at radius 2 is 0.897 bits per heavy atom. The first-order valence-corrected chi connectivity index (χ1v) is 9.47. The van der Waals surface area contributed by atoms with Gasteiger partial charge in [-0.1, -0.05) is 84.9 Å². The molecule has 4 heteroatoms. The first-order chi connectivity index (χ1) is 14.4. The fraction of sp³-hybridized carbons (Fsp3) is 0. The Morgan fingerprint density at radius 1 is 0.448 bits per heavy atom. The van der Waals surface area contributed by atoms with Crippen LogP contribution in [0.1, 0.15) is 0 Å². The molecule has 0 bridgehead atoms. The molecule has 0 saturated heterocycles. The van der Waals surface area contributed by atoms with E-state index in [2.05, 4.69) is 68.3 Å². The van der Waals surface area contributed by atoms with Crippen molar-refractivity contribution in [3.63, 3.8) is 0 Å². The average Bonchev–Trinajstić information content (AvgIpc) is 3.26. The van der Waals surface area contributed by atoms with E-state index in [1.54, 1.807) is 12.4 Å². The Bertz CT molecular complexity index is 1210. The molecule has 0 atom stereocenters. The third-order valence-electron chi connectivity index (χ3n) is 4.87. The minimum atomic E-state index is 0.801. The highest BCUT2D eigenvalue weighted by Crippen LogP contribution is 2.29. The van der Waals surface area contributed by atoms with E-state index < -0.39 is 0 Å². The minimum Gasteiger partial charge on any atom is -0.275 e. The molecule has 138 valence electrons. The molecule has 3 aromatic carbocycles. The summed E-state index contributed by atoms with van der Waals surface area (Å²) < 4.78 is 2.08. The number of hydrogen-bond acceptors (Lipinski definition) is 3. The third kappa shape index (κ3) is 3.32. The summed E-state index contributed by atoms with van der Waals surface area (Å²) in [6, 6.07) is 32.8. The molecule has 2 aromatic heterocycles. The van der Waals surface area contributed by atoms with Crippen LogP contribution >= 0.6 is 0 Å². The van der Waals surface area contributed by atoms with Crippen molar-refractivity contribution >= 4 is 0 Å². The number of nitrogens with zero attached hydrogens (tertiary/aromatic N) is 4. The van der Waals surface area contributed by atoms with Crippen molar-refractivity contribution in [3.05, 3.63) is 109 Å². The number of benzene rings is 3. The molecule has 0 saturated carbocycles. The Morgan fingerprint density at radius 3 is 1.48 bits per heavy atom. The van der Waals surface area contributed by atoms with Crippen molar-refractivity contribution in [2.24, 2.45) is 0 Å². The molecule has 5 rings (SSSR count). The van der Waals surface area contributed by atoms with E-state index in [-0.39, 0.29) is 0 Å². The molecule has 0 aliphatic heterocycles. The maximum absolute atomic E-state index is 4.53. The zero-order valence-corrected chi connectivity index (χ0v) is 15.7. The lowest BCUT2D eigenvalue weighted by atomic mass is 10.0. The van der Waals surface area contributed by atoms with Crippen LogP contribution in [0.3, 0.4) is 0 Å². The zero-order valence-electron chi connectivity index (χ0n) is 15.7. The standard InChI is InChI=1S/C25H18N4/c1-3-7-19(8-4-1)20-11-13-22(14-12-20)25-28-27-24(21-9-5-2-6-10-21)29(25)23-15-17-26-18-16-23/h1-18H. The Hall–Kier alpha value is -4.05. The smallest absolute Gasteiger partial charge is 0.168 e. The van der Waals surface area contributed by atoms with Gasteiger partial charge in [-0.3, -0.25) is 9.55 Å². The Labute approximate surface area is 169 Å². The van der Waals surface area contributed by atoms with E-state index in [0.29, 0.717) is 0 Å². The van der Waals surface area contributed by atoms with Gasteiger partial charge in [-0.25, -0.2) is 0 Å². The first kappa shape index (κ1) is 17.1. The van der Waals surface area contributed by atoms with Crippen LogP contribution in [0.4, 0.5) is 0 Å². The lowest BCUT2D eigenvalue weighted by Crippen LogP contribution is -2.00. The summed E-state index contributed by atoms with van der Waals surface area (Å²) >= 11 is 0. The summed E-state index contributed by atoms with van der Waals surface area (Å²) in [5.74, 6) is 1.61. The highest BCUT2D eigenvalue weighted by Gasteiger charge is 2.17. The number of aromatic nitrogens is 4. The largest absolute Gasteiger partial charge is 0.275 e. The van der Waals surface area contributed by atoms with Gasteiger partial charge in [0, 0.05) is 23.5 Å². The topological polar surface area (TPSA) is 43.6 Å². The molecule has 0 fully saturated rings. The second kappa shape index (κ2) is 7.52. The van der Waals surface area contributed by atoms with Gasteiger partial charge in [0.25, 0.3) is 0 Å². The van der Waals surface area contributed by atoms with E-state index in [1.165, 1.54) is 11.1 Å². The number of hydrogen-bond donors (Lipinski definition) is 0. The summed E-state index contributed by atoms with van der Waals surface area (Å²) in [5, 5.41) is 9.05. The second-order valence-electron chi connectivity index (χ2n) is 6.70. The molecule has 2 heterocycles. The SMILES string of the molecule is c1ccc(-c2ccc(-c3nnc(-c4ccccc4)n3-c3ccncc3)cc2)cc1. The maximum atomic E-state index is 4.53. The summed E-state index contributed by atoms with van der Waals surface area (Å²) in [6.07, 6.45) is 3.57. The van der Waals surface area contributed by atoms with E-state index in [9.17, 15) is 0 Å². The van der Waals surface area contributed by atoms with Crippen LogP contribution in [-0.2, 0) is 0 Å². The lowest BCUT2D eigenvalue weighted by molar-refractivity contribution is 1.06. The molecule has 0 spiro atoms. The molecule has 4 nitrogen and oxygen atoms in total. The fourth-order valence-electron chi connectivity index (χ4n) is 3.43. The highest BCUT2D eigenvalue weighted by molar-refractivity contribution is 5.70. The summed E-state index contributed by atoms with van der Waals surface area (Å²) in [7, 11) is 0. The third-order valence-corrected chi connectivity index (χ3v) is 4.87. The average molecular weight is 374 g/mol. The van der Waals surface area contributed by atoms with Crippen molar-refractivity contribution in [2.45, 2.75) is 0 Å². The zero-order chi connectivity index (χ0) is 19.5. The maximum Gasteiger partial charge on any atom is 0.168 e. The van der Waals surface area contributed by atoms with E-state index in [1.807, 2.05) is 48.5 Å². The number of rotatable bonds is 4. The molecule has 0 aliphatic rings. The highest BCUT2D eigenvalue weighted by atomic mass is 15.3. The lowest BCUT2D eigenvalue weighted by Gasteiger charge is -2.11. The molecule has 0 unspecified atom stereocenters. The Balaban J connectivity index is 1.63. The van der Waals surface area contributed by atoms with Gasteiger partial charge in [-0.05, 0) is 23.3 Å². The molecule has 29 heavy (non-hydrogen) atoms. The predicted molar refractivity (Wildman–Crippen MR) is 115 cm³/mol. The van der Waals surface area contributed by atoms with Gasteiger partial charge in [0.1, 0.15) is 0 Å². The van der Waals surface area contributed by atoms with Crippen molar-refractivity contribution in [1.29, 1.82) is 0 Å². The molecular weight excluding hydrogens is 356 g/mol. The minimum absolute atomic E-state index is 0.801. The predicted octanol–water partition coefficient (Wildman–Crippen LogP) is 5.66. The molecule has 5 aromatic rings. The second-order valence-corrected chi connectivity index (χ2v) is 6.70. The van der Waals surface area contributed by atoms with Gasteiger partial charge >= 0.3 is 0 Å². The van der Waals surface area contributed by atoms with Crippen molar-refractivity contribution in [2.75, 3.05) is 0 Å². The van der Waals surface area contributed by atoms with Gasteiger partial charge in [-0.15, -0.1) is 10.2 Å². The molecular formula is C25H18N4. The van der Waals surface area contributed by atoms with Crippen LogP contribution in [-0.4, -0.2) is 19.7 Å². The van der Waals surface area contributed by atoms with Crippen molar-refractivity contribution in [3.8, 4) is 39.6 Å². The van der Waals surface area contributed by atoms with E-state index in [4.69, 9.17) is 0 Å². The van der Waals surface area contributed by atoms with Gasteiger partial charge in [0.15, 0.2) is 11.6 Å². The number of pyridine rings is 1. The molecule has 0 radical (unpaired) electrons. The van der Waals surface area contributed by atoms with Crippen LogP contribution in [0.2, 0.25) is 0 Å². The quantitative estimate of drug-likeness (QED) is 0.407. The van der Waals surface area contributed by atoms with E-state index >= 15 is 0 Å². The van der Waals surface area contributed by atoms with Gasteiger partial charge in [0.05, 0.1) is 5.69 Å². The van der Waals surface area contributed by atoms with Crippen LogP contribution in [0.5, 0.6) is 0 Å². The normalized spacial score (nSPS) is 10.8. The van der Waals surface area contributed by atoms with Gasteiger partial charge in [0.2, 0.25) is 0 Å². The molecule has 0 aliphatic carbocycles. The molecule has 0 N–H and O–H groups in total. The van der Waals surface area contributed by atoms with Crippen LogP contribution < -0.4 is 0 Å². The Kier molecular flexibility index (Phi) is 4.43. The van der Waals surface area contributed by atoms with Crippen molar-refractivity contribution < 1.29 is 0 Å². The van der Waals surface area contributed by atoms with Crippen LogP contribution in [0, 0.1) is 0 Å². The fourth-order valence-corrected chi connectivity index (χ4v) is 3.43. The van der Waals surface area contributed by atoms with Crippen LogP contribution in [0.15, 0.2) is 109 Å². The van der Waals surface area contributed by atoms with E-state index in [0.717, 1.165) is 28.5 Å². The summed E-state index contributed by atoms with van der Waals surface area (Å²) in [6.45, 7) is 0. The van der Waals surface area contributed by atoms with Gasteiger partial charge < -0.3 is 0 Å². The van der Waals surface area contributed by atoms with Crippen LogP contribution in [0.25, 0.3) is 39.6 Å². The summed E-state index contributed by atoms with van der Waals surface area (Å²) in [5.41, 5.74) is 5.37. The monoisotopic (exact) mass is 374 g/mol. The summed E-state index contributed by atoms with van der Waals surface area (Å²) in [4.78, 5) is 4.15. The first-order valence-electron chi connectivity index (χ1n) is 9.47. The van der Waals surface area contributed by atoms with Gasteiger partial charge in [-0.2, -0.15) is 0 Å².